The molecule has 1 saturated heterocycles. The van der Waals surface area contributed by atoms with E-state index in [4.69, 9.17) is 14.0 Å². The van der Waals surface area contributed by atoms with Gasteiger partial charge in [0.15, 0.2) is 11.6 Å². The van der Waals surface area contributed by atoms with Crippen molar-refractivity contribution in [2.24, 2.45) is 0 Å². The molecule has 2 fully saturated rings. The highest BCUT2D eigenvalue weighted by molar-refractivity contribution is 5.59. The Kier molecular flexibility index (Phi) is 7.14. The lowest BCUT2D eigenvalue weighted by Crippen LogP contribution is -2.57. The van der Waals surface area contributed by atoms with E-state index in [0.717, 1.165) is 31.4 Å². The van der Waals surface area contributed by atoms with E-state index in [2.05, 4.69) is 22.4 Å². The summed E-state index contributed by atoms with van der Waals surface area (Å²) in [5.74, 6) is -1.37. The van der Waals surface area contributed by atoms with Crippen molar-refractivity contribution in [2.45, 2.75) is 81.8 Å². The Bertz CT molecular complexity index is 1240. The minimum atomic E-state index is -1.21. The molecule has 37 heavy (non-hydrogen) atoms. The Morgan fingerprint density at radius 3 is 2.65 bits per heavy atom. The van der Waals surface area contributed by atoms with Gasteiger partial charge in [-0.15, -0.1) is 5.10 Å². The molecule has 1 saturated carbocycles. The number of methoxy groups -OCH3 is 1. The van der Waals surface area contributed by atoms with Gasteiger partial charge in [0.1, 0.15) is 35.8 Å². The first kappa shape index (κ1) is 25.9. The average Bonchev–Trinajstić information content (AvgIpc) is 3.65. The summed E-state index contributed by atoms with van der Waals surface area (Å²) in [5, 5.41) is 33.4. The fourth-order valence-corrected chi connectivity index (χ4v) is 5.62. The van der Waals surface area contributed by atoms with Crippen molar-refractivity contribution in [3.05, 3.63) is 53.0 Å². The second-order valence-corrected chi connectivity index (χ2v) is 10.4. The third-order valence-electron chi connectivity index (χ3n) is 7.89. The lowest BCUT2D eigenvalue weighted by atomic mass is 9.85. The molecule has 1 aromatic carbocycles. The van der Waals surface area contributed by atoms with Gasteiger partial charge in [-0.05, 0) is 31.4 Å². The Morgan fingerprint density at radius 2 is 1.95 bits per heavy atom. The van der Waals surface area contributed by atoms with Crippen LogP contribution in [0.15, 0.2) is 28.9 Å². The number of aromatic nitrogens is 4. The van der Waals surface area contributed by atoms with Crippen LogP contribution in [0.25, 0.3) is 11.3 Å². The Morgan fingerprint density at radius 1 is 1.19 bits per heavy atom. The van der Waals surface area contributed by atoms with Crippen LogP contribution in [0, 0.1) is 18.6 Å². The summed E-state index contributed by atoms with van der Waals surface area (Å²) in [7, 11) is 1.48. The van der Waals surface area contributed by atoms with Crippen LogP contribution in [0.4, 0.5) is 8.78 Å². The number of halogens is 2. The average molecular weight is 519 g/mol. The van der Waals surface area contributed by atoms with E-state index in [9.17, 15) is 19.0 Å². The van der Waals surface area contributed by atoms with E-state index in [1.807, 2.05) is 6.07 Å². The zero-order valence-electron chi connectivity index (χ0n) is 21.1. The Labute approximate surface area is 213 Å². The second-order valence-electron chi connectivity index (χ2n) is 10.4. The zero-order valence-corrected chi connectivity index (χ0v) is 21.1. The lowest BCUT2D eigenvalue weighted by Gasteiger charge is -2.43. The predicted molar refractivity (Wildman–Crippen MR) is 128 cm³/mol. The second kappa shape index (κ2) is 10.2. The zero-order chi connectivity index (χ0) is 26.3. The van der Waals surface area contributed by atoms with Crippen LogP contribution in [-0.2, 0) is 21.3 Å². The van der Waals surface area contributed by atoms with E-state index in [1.54, 1.807) is 0 Å². The van der Waals surface area contributed by atoms with Crippen LogP contribution in [0.2, 0.25) is 0 Å². The quantitative estimate of drug-likeness (QED) is 0.490. The van der Waals surface area contributed by atoms with Crippen molar-refractivity contribution in [1.82, 2.24) is 20.2 Å². The molecular formula is C26H32F2N4O5. The van der Waals surface area contributed by atoms with Gasteiger partial charge in [0.2, 0.25) is 0 Å². The fourth-order valence-electron chi connectivity index (χ4n) is 5.62. The van der Waals surface area contributed by atoms with E-state index < -0.39 is 48.7 Å². The summed E-state index contributed by atoms with van der Waals surface area (Å²) in [6.07, 6.45) is 2.68. The molecule has 1 aliphatic heterocycles. The van der Waals surface area contributed by atoms with Gasteiger partial charge in [-0.2, -0.15) is 0 Å². The molecule has 5 rings (SSSR count). The number of aliphatic hydroxyl groups excluding tert-OH is 2. The van der Waals surface area contributed by atoms with Gasteiger partial charge in [-0.1, -0.05) is 36.2 Å². The normalized spacial score (nSPS) is 27.6. The van der Waals surface area contributed by atoms with Crippen LogP contribution in [0.5, 0.6) is 0 Å². The van der Waals surface area contributed by atoms with E-state index in [1.165, 1.54) is 37.0 Å². The molecule has 2 aromatic heterocycles. The van der Waals surface area contributed by atoms with Gasteiger partial charge in [0.25, 0.3) is 0 Å². The minimum absolute atomic E-state index is 0.00987. The van der Waals surface area contributed by atoms with Crippen molar-refractivity contribution in [3.8, 4) is 11.3 Å². The van der Waals surface area contributed by atoms with Crippen molar-refractivity contribution in [2.75, 3.05) is 13.7 Å². The molecule has 3 aromatic rings. The maximum absolute atomic E-state index is 14.6. The largest absolute Gasteiger partial charge is 0.394 e. The number of rotatable bonds is 7. The third-order valence-corrected chi connectivity index (χ3v) is 7.89. The molecule has 11 heteroatoms. The lowest BCUT2D eigenvalue weighted by molar-refractivity contribution is -0.212. The van der Waals surface area contributed by atoms with Crippen molar-refractivity contribution < 1.29 is 33.0 Å². The molecule has 1 aliphatic carbocycles. The summed E-state index contributed by atoms with van der Waals surface area (Å²) < 4.78 is 47.5. The number of aryl methyl sites for hydroxylation is 1. The van der Waals surface area contributed by atoms with Gasteiger partial charge in [0, 0.05) is 30.6 Å². The number of benzene rings is 1. The molecule has 9 nitrogen and oxygen atoms in total. The van der Waals surface area contributed by atoms with Crippen LogP contribution < -0.4 is 0 Å². The molecule has 0 radical (unpaired) electrons. The van der Waals surface area contributed by atoms with Crippen LogP contribution in [0.3, 0.4) is 0 Å². The number of aliphatic hydroxyl groups is 2. The van der Waals surface area contributed by atoms with Gasteiger partial charge >= 0.3 is 0 Å². The SMILES string of the molecule is CO[C@@H]1[C@@H](n2cc(-c3ccc(C)c(F)c3F)nn2)[C@@H](O)[C@@H](CO)O[C@@H]1Cc1cc(C2(C)CCCC2)no1. The van der Waals surface area contributed by atoms with Gasteiger partial charge < -0.3 is 24.2 Å². The molecule has 5 atom stereocenters. The van der Waals surface area contributed by atoms with Crippen molar-refractivity contribution in [3.63, 3.8) is 0 Å². The Hall–Kier alpha value is -2.73. The first-order chi connectivity index (χ1) is 17.8. The molecule has 2 aliphatic rings. The topological polar surface area (TPSA) is 116 Å². The van der Waals surface area contributed by atoms with Crippen molar-refractivity contribution in [1.29, 1.82) is 0 Å². The highest BCUT2D eigenvalue weighted by Crippen LogP contribution is 2.41. The molecule has 0 bridgehead atoms. The van der Waals surface area contributed by atoms with Crippen LogP contribution in [-0.4, -0.2) is 68.5 Å². The van der Waals surface area contributed by atoms with E-state index in [0.29, 0.717) is 12.2 Å². The maximum Gasteiger partial charge on any atom is 0.168 e. The molecule has 0 unspecified atom stereocenters. The molecule has 3 heterocycles. The number of hydrogen-bond acceptors (Lipinski definition) is 8. The van der Waals surface area contributed by atoms with Crippen LogP contribution in [0.1, 0.15) is 55.7 Å². The monoisotopic (exact) mass is 518 g/mol. The maximum atomic E-state index is 14.6. The summed E-state index contributed by atoms with van der Waals surface area (Å²) in [6, 6.07) is 4.01. The fraction of sp³-hybridized carbons (Fsp3) is 0.577. The smallest absolute Gasteiger partial charge is 0.168 e. The third kappa shape index (κ3) is 4.69. The molecular weight excluding hydrogens is 486 g/mol. The Balaban J connectivity index is 1.43. The van der Waals surface area contributed by atoms with Gasteiger partial charge in [-0.3, -0.25) is 0 Å². The van der Waals surface area contributed by atoms with Gasteiger partial charge in [-0.25, -0.2) is 13.5 Å². The summed E-state index contributed by atoms with van der Waals surface area (Å²) in [5.41, 5.74) is 1.14. The number of ether oxygens (including phenoxy) is 2. The minimum Gasteiger partial charge on any atom is -0.394 e. The molecule has 0 amide bonds. The molecule has 2 N–H and O–H groups in total. The highest BCUT2D eigenvalue weighted by Gasteiger charge is 2.47. The first-order valence-electron chi connectivity index (χ1n) is 12.6. The number of nitrogens with zero attached hydrogens (tertiary/aromatic N) is 4. The van der Waals surface area contributed by atoms with Gasteiger partial charge in [0.05, 0.1) is 24.6 Å². The number of hydrogen-bond donors (Lipinski definition) is 2. The van der Waals surface area contributed by atoms with Crippen LogP contribution >= 0.6 is 0 Å². The summed E-state index contributed by atoms with van der Waals surface area (Å²) >= 11 is 0. The first-order valence-corrected chi connectivity index (χ1v) is 12.6. The molecule has 200 valence electrons. The summed E-state index contributed by atoms with van der Waals surface area (Å²) in [6.45, 7) is 3.22. The molecule has 0 spiro atoms. The van der Waals surface area contributed by atoms with E-state index >= 15 is 0 Å². The summed E-state index contributed by atoms with van der Waals surface area (Å²) in [4.78, 5) is 0. The highest BCUT2D eigenvalue weighted by atomic mass is 19.2. The van der Waals surface area contributed by atoms with E-state index in [-0.39, 0.29) is 22.2 Å². The van der Waals surface area contributed by atoms with Crippen molar-refractivity contribution >= 4 is 0 Å². The predicted octanol–water partition coefficient (Wildman–Crippen LogP) is 3.27. The standard InChI is InChI=1S/C26H32F2N4O5/c1-14-6-7-16(22(28)21(14)27)17-12-32(31-29-17)23-24(34)19(13-33)36-18(25(23)35-3)10-15-11-20(30-37-15)26(2)8-4-5-9-26/h6-7,11-12,18-19,23-25,33-34H,4-5,8-10,13H2,1-3H3/t18-,19-,23+,24+,25+/m1/s1.